The molecular formula is C22H20ClN3O4. The number of carbonyl (C=O) groups excluding carboxylic acids is 2. The third kappa shape index (κ3) is 5.73. The van der Waals surface area contributed by atoms with Gasteiger partial charge in [-0.25, -0.2) is 0 Å². The molecule has 0 bridgehead atoms. The first-order valence-corrected chi connectivity index (χ1v) is 8.93. The molecule has 3 N–H and O–H groups in total. The summed E-state index contributed by atoms with van der Waals surface area (Å²) in [5.74, 6) is -0.483. The predicted molar refractivity (Wildman–Crippen MR) is 117 cm³/mol. The minimum absolute atomic E-state index is 0. The highest BCUT2D eigenvalue weighted by Crippen LogP contribution is 2.16. The van der Waals surface area contributed by atoms with Crippen molar-refractivity contribution in [3.8, 4) is 0 Å². The molecule has 0 aromatic heterocycles. The molecule has 0 aliphatic heterocycles. The molecule has 7 nitrogen and oxygen atoms in total. The molecule has 8 heteroatoms. The Hall–Kier alpha value is -3.55. The van der Waals surface area contributed by atoms with E-state index in [4.69, 9.17) is 5.73 Å². The molecule has 1 amide bonds. The molecule has 0 fully saturated rings. The first kappa shape index (κ1) is 22.7. The average molecular weight is 426 g/mol. The highest BCUT2D eigenvalue weighted by molar-refractivity contribution is 6.09. The van der Waals surface area contributed by atoms with E-state index in [1.807, 2.05) is 6.07 Å². The molecule has 3 aromatic carbocycles. The molecule has 0 radical (unpaired) electrons. The normalized spacial score (nSPS) is 11.1. The van der Waals surface area contributed by atoms with Crippen molar-refractivity contribution in [1.82, 2.24) is 0 Å². The Labute approximate surface area is 179 Å². The predicted octanol–water partition coefficient (Wildman–Crippen LogP) is 3.76. The van der Waals surface area contributed by atoms with Crippen LogP contribution in [0.3, 0.4) is 0 Å². The quantitative estimate of drug-likeness (QED) is 0.339. The van der Waals surface area contributed by atoms with Crippen LogP contribution in [-0.2, 0) is 11.2 Å². The van der Waals surface area contributed by atoms with Crippen LogP contribution in [0.25, 0.3) is 0 Å². The number of anilines is 1. The minimum atomic E-state index is -0.818. The molecule has 0 saturated carbocycles. The molecular weight excluding hydrogens is 406 g/mol. The zero-order valence-corrected chi connectivity index (χ0v) is 16.7. The summed E-state index contributed by atoms with van der Waals surface area (Å²) in [5.41, 5.74) is 8.29. The number of nitro benzene ring substituents is 1. The molecule has 3 rings (SSSR count). The topological polar surface area (TPSA) is 115 Å². The lowest BCUT2D eigenvalue weighted by molar-refractivity contribution is -0.384. The van der Waals surface area contributed by atoms with Crippen molar-refractivity contribution < 1.29 is 14.5 Å². The van der Waals surface area contributed by atoms with E-state index in [1.165, 1.54) is 12.1 Å². The van der Waals surface area contributed by atoms with Gasteiger partial charge in [0.05, 0.1) is 11.0 Å². The number of non-ortho nitro benzene ring substituents is 1. The van der Waals surface area contributed by atoms with Gasteiger partial charge in [-0.1, -0.05) is 42.5 Å². The summed E-state index contributed by atoms with van der Waals surface area (Å²) in [4.78, 5) is 34.9. The first-order valence-electron chi connectivity index (χ1n) is 8.93. The van der Waals surface area contributed by atoms with Gasteiger partial charge in [0.2, 0.25) is 5.91 Å². The second kappa shape index (κ2) is 10.3. The first-order chi connectivity index (χ1) is 13.9. The van der Waals surface area contributed by atoms with Gasteiger partial charge in [-0.15, -0.1) is 12.4 Å². The molecule has 1 unspecified atom stereocenters. The number of halogens is 1. The van der Waals surface area contributed by atoms with Crippen molar-refractivity contribution >= 4 is 35.5 Å². The van der Waals surface area contributed by atoms with Crippen LogP contribution in [0.4, 0.5) is 11.4 Å². The van der Waals surface area contributed by atoms with Crippen LogP contribution < -0.4 is 11.1 Å². The fourth-order valence-corrected chi connectivity index (χ4v) is 2.80. The SMILES string of the molecule is Cl.NC(Cc1ccc([N+](=O)[O-])cc1)C(=O)Nc1ccc(C(=O)c2ccccc2)cc1. The number of nitro groups is 1. The van der Waals surface area contributed by atoms with Gasteiger partial charge >= 0.3 is 0 Å². The maximum absolute atomic E-state index is 12.4. The largest absolute Gasteiger partial charge is 0.325 e. The van der Waals surface area contributed by atoms with Crippen LogP contribution >= 0.6 is 12.4 Å². The molecule has 0 aliphatic carbocycles. The second-order valence-corrected chi connectivity index (χ2v) is 6.50. The number of carbonyl (C=O) groups is 2. The number of hydrogen-bond acceptors (Lipinski definition) is 5. The lowest BCUT2D eigenvalue weighted by Crippen LogP contribution is -2.37. The van der Waals surface area contributed by atoms with Crippen LogP contribution in [-0.4, -0.2) is 22.7 Å². The summed E-state index contributed by atoms with van der Waals surface area (Å²) < 4.78 is 0. The van der Waals surface area contributed by atoms with Crippen molar-refractivity contribution in [3.05, 3.63) is 106 Å². The summed E-state index contributed by atoms with van der Waals surface area (Å²) in [6.45, 7) is 0. The van der Waals surface area contributed by atoms with Crippen molar-refractivity contribution in [2.75, 3.05) is 5.32 Å². The number of benzene rings is 3. The van der Waals surface area contributed by atoms with E-state index in [0.717, 1.165) is 5.56 Å². The summed E-state index contributed by atoms with van der Waals surface area (Å²) >= 11 is 0. The van der Waals surface area contributed by atoms with Crippen LogP contribution in [0.1, 0.15) is 21.5 Å². The molecule has 3 aromatic rings. The second-order valence-electron chi connectivity index (χ2n) is 6.50. The number of rotatable bonds is 7. The van der Waals surface area contributed by atoms with Gasteiger partial charge in [0, 0.05) is 28.9 Å². The summed E-state index contributed by atoms with van der Waals surface area (Å²) in [5, 5.41) is 13.4. The summed E-state index contributed by atoms with van der Waals surface area (Å²) in [7, 11) is 0. The van der Waals surface area contributed by atoms with Gasteiger partial charge in [0.25, 0.3) is 5.69 Å². The van der Waals surface area contributed by atoms with E-state index in [0.29, 0.717) is 16.8 Å². The molecule has 0 spiro atoms. The Morgan fingerprint density at radius 3 is 2.03 bits per heavy atom. The van der Waals surface area contributed by atoms with Crippen molar-refractivity contribution in [2.45, 2.75) is 12.5 Å². The van der Waals surface area contributed by atoms with Gasteiger partial charge in [0.1, 0.15) is 0 Å². The minimum Gasteiger partial charge on any atom is -0.325 e. The standard InChI is InChI=1S/C22H19N3O4.ClH/c23-20(14-15-6-12-19(13-7-15)25(28)29)22(27)24-18-10-8-17(9-11-18)21(26)16-4-2-1-3-5-16;/h1-13,20H,14,23H2,(H,24,27);1H. The number of amides is 1. The van der Waals surface area contributed by atoms with Crippen LogP contribution in [0.5, 0.6) is 0 Å². The highest BCUT2D eigenvalue weighted by atomic mass is 35.5. The van der Waals surface area contributed by atoms with E-state index in [9.17, 15) is 19.7 Å². The van der Waals surface area contributed by atoms with E-state index in [2.05, 4.69) is 5.32 Å². The number of hydrogen-bond donors (Lipinski definition) is 2. The maximum Gasteiger partial charge on any atom is 0.269 e. The van der Waals surface area contributed by atoms with Gasteiger partial charge in [-0.3, -0.25) is 19.7 Å². The Morgan fingerprint density at radius 1 is 0.900 bits per heavy atom. The van der Waals surface area contributed by atoms with E-state index in [-0.39, 0.29) is 36.2 Å². The number of nitrogens with zero attached hydrogens (tertiary/aromatic N) is 1. The number of nitrogens with two attached hydrogens (primary N) is 1. The Kier molecular flexibility index (Phi) is 7.80. The van der Waals surface area contributed by atoms with Gasteiger partial charge in [-0.05, 0) is 36.2 Å². The number of nitrogens with one attached hydrogen (secondary N) is 1. The fraction of sp³-hybridized carbons (Fsp3) is 0.0909. The van der Waals surface area contributed by atoms with Gasteiger partial charge in [-0.2, -0.15) is 0 Å². The third-order valence-corrected chi connectivity index (χ3v) is 4.39. The molecule has 0 aliphatic rings. The average Bonchev–Trinajstić information content (AvgIpc) is 2.74. The fourth-order valence-electron chi connectivity index (χ4n) is 2.80. The number of ketones is 1. The van der Waals surface area contributed by atoms with Crippen molar-refractivity contribution in [3.63, 3.8) is 0 Å². The van der Waals surface area contributed by atoms with E-state index < -0.39 is 11.0 Å². The zero-order valence-electron chi connectivity index (χ0n) is 15.9. The highest BCUT2D eigenvalue weighted by Gasteiger charge is 2.16. The molecule has 0 heterocycles. The van der Waals surface area contributed by atoms with Crippen molar-refractivity contribution in [2.24, 2.45) is 5.73 Å². The van der Waals surface area contributed by atoms with Crippen molar-refractivity contribution in [1.29, 1.82) is 0 Å². The lowest BCUT2D eigenvalue weighted by Gasteiger charge is -2.12. The third-order valence-electron chi connectivity index (χ3n) is 4.39. The van der Waals surface area contributed by atoms with Crippen LogP contribution in [0.2, 0.25) is 0 Å². The van der Waals surface area contributed by atoms with Crippen LogP contribution in [0, 0.1) is 10.1 Å². The summed E-state index contributed by atoms with van der Waals surface area (Å²) in [6, 6.07) is 20.6. The molecule has 30 heavy (non-hydrogen) atoms. The molecule has 0 saturated heterocycles. The summed E-state index contributed by atoms with van der Waals surface area (Å²) in [6.07, 6.45) is 0.244. The molecule has 154 valence electrons. The Balaban J connectivity index is 0.00000320. The van der Waals surface area contributed by atoms with E-state index in [1.54, 1.807) is 60.7 Å². The van der Waals surface area contributed by atoms with Gasteiger partial charge < -0.3 is 11.1 Å². The smallest absolute Gasteiger partial charge is 0.269 e. The molecule has 1 atom stereocenters. The van der Waals surface area contributed by atoms with Crippen LogP contribution in [0.15, 0.2) is 78.9 Å². The zero-order chi connectivity index (χ0) is 20.8. The van der Waals surface area contributed by atoms with E-state index >= 15 is 0 Å². The Morgan fingerprint density at radius 2 is 1.47 bits per heavy atom. The lowest BCUT2D eigenvalue weighted by atomic mass is 10.0. The Bertz CT molecular complexity index is 1020. The maximum atomic E-state index is 12.4. The monoisotopic (exact) mass is 425 g/mol. The van der Waals surface area contributed by atoms with Gasteiger partial charge in [0.15, 0.2) is 5.78 Å².